The number of benzene rings is 2. The van der Waals surface area contributed by atoms with Crippen molar-refractivity contribution in [2.75, 3.05) is 53.1 Å². The van der Waals surface area contributed by atoms with Gasteiger partial charge in [0.1, 0.15) is 36.9 Å². The van der Waals surface area contributed by atoms with Crippen LogP contribution in [-0.2, 0) is 22.6 Å². The van der Waals surface area contributed by atoms with E-state index >= 15 is 0 Å². The molecule has 204 valence electrons. The fourth-order valence-corrected chi connectivity index (χ4v) is 4.57. The average Bonchev–Trinajstić information content (AvgIpc) is 3.23. The summed E-state index contributed by atoms with van der Waals surface area (Å²) < 4.78 is 18.6. The lowest BCUT2D eigenvalue weighted by Gasteiger charge is -2.33. The maximum Gasteiger partial charge on any atom is 0.248 e. The van der Waals surface area contributed by atoms with Crippen molar-refractivity contribution in [3.63, 3.8) is 0 Å². The number of aromatic nitrogens is 2. The lowest BCUT2D eigenvalue weighted by Crippen LogP contribution is -2.52. The molecule has 0 aliphatic carbocycles. The molecule has 1 unspecified atom stereocenters. The molecule has 1 aliphatic heterocycles. The van der Waals surface area contributed by atoms with E-state index < -0.39 is 5.60 Å². The van der Waals surface area contributed by atoms with E-state index in [0.29, 0.717) is 50.1 Å². The van der Waals surface area contributed by atoms with Gasteiger partial charge in [0.25, 0.3) is 0 Å². The van der Waals surface area contributed by atoms with Gasteiger partial charge in [0.15, 0.2) is 0 Å². The third-order valence-corrected chi connectivity index (χ3v) is 6.55. The van der Waals surface area contributed by atoms with Crippen molar-refractivity contribution in [2.45, 2.75) is 25.6 Å². The first-order valence-corrected chi connectivity index (χ1v) is 13.0. The van der Waals surface area contributed by atoms with Crippen molar-refractivity contribution >= 4 is 17.5 Å². The number of methoxy groups -OCH3 is 1. The summed E-state index contributed by atoms with van der Waals surface area (Å²) in [6, 6.07) is 15.6. The van der Waals surface area contributed by atoms with E-state index in [2.05, 4.69) is 10.00 Å². The molecule has 0 saturated carbocycles. The van der Waals surface area contributed by atoms with E-state index in [1.165, 1.54) is 7.11 Å². The molecule has 2 aromatic carbocycles. The minimum Gasteiger partial charge on any atom is -0.492 e. The van der Waals surface area contributed by atoms with Crippen LogP contribution >= 0.6 is 11.6 Å². The molecule has 9 nitrogen and oxygen atoms in total. The van der Waals surface area contributed by atoms with Crippen molar-refractivity contribution in [3.8, 4) is 11.5 Å². The summed E-state index contributed by atoms with van der Waals surface area (Å²) in [7, 11) is 1.50. The number of carbonyl (C=O) groups is 1. The summed E-state index contributed by atoms with van der Waals surface area (Å²) in [4.78, 5) is 16.4. The summed E-state index contributed by atoms with van der Waals surface area (Å²) in [5, 5.41) is 16.3. The Kier molecular flexibility index (Phi) is 9.63. The number of aryl methyl sites for hydroxylation is 1. The molecule has 0 spiro atoms. The quantitative estimate of drug-likeness (QED) is 0.398. The van der Waals surface area contributed by atoms with Gasteiger partial charge in [-0.25, -0.2) is 0 Å². The molecule has 2 heterocycles. The molecule has 0 radical (unpaired) electrons. The molecule has 1 saturated heterocycles. The van der Waals surface area contributed by atoms with Gasteiger partial charge in [-0.15, -0.1) is 0 Å². The highest BCUT2D eigenvalue weighted by molar-refractivity contribution is 6.30. The Morgan fingerprint density at radius 2 is 1.76 bits per heavy atom. The van der Waals surface area contributed by atoms with Crippen LogP contribution in [0, 0.1) is 6.92 Å². The van der Waals surface area contributed by atoms with Crippen LogP contribution in [0.5, 0.6) is 11.5 Å². The first-order chi connectivity index (χ1) is 18.3. The van der Waals surface area contributed by atoms with Gasteiger partial charge in [-0.2, -0.15) is 5.10 Å². The maximum atomic E-state index is 12.6. The molecule has 38 heavy (non-hydrogen) atoms. The van der Waals surface area contributed by atoms with Crippen LogP contribution in [0.3, 0.4) is 0 Å². The van der Waals surface area contributed by atoms with E-state index in [0.717, 1.165) is 16.9 Å². The van der Waals surface area contributed by atoms with Crippen molar-refractivity contribution in [1.82, 2.24) is 19.6 Å². The van der Waals surface area contributed by atoms with Gasteiger partial charge in [0, 0.05) is 39.5 Å². The van der Waals surface area contributed by atoms with Gasteiger partial charge < -0.3 is 24.2 Å². The van der Waals surface area contributed by atoms with Gasteiger partial charge in [0.05, 0.1) is 24.3 Å². The fourth-order valence-electron chi connectivity index (χ4n) is 4.41. The van der Waals surface area contributed by atoms with Crippen LogP contribution in [0.15, 0.2) is 60.9 Å². The Hall–Kier alpha value is -3.11. The molecule has 1 fully saturated rings. The number of hydrogen-bond acceptors (Lipinski definition) is 7. The van der Waals surface area contributed by atoms with E-state index in [1.807, 2.05) is 55.5 Å². The molecular formula is C28H35ClN4O5. The molecule has 3 aromatic rings. The number of ether oxygens (including phenoxy) is 3. The Bertz CT molecular complexity index is 1170. The van der Waals surface area contributed by atoms with Gasteiger partial charge in [-0.05, 0) is 36.8 Å². The topological polar surface area (TPSA) is 89.3 Å². The number of hydrogen-bond donors (Lipinski definition) is 1. The largest absolute Gasteiger partial charge is 0.492 e. The van der Waals surface area contributed by atoms with Crippen molar-refractivity contribution < 1.29 is 24.1 Å². The lowest BCUT2D eigenvalue weighted by molar-refractivity contribution is -0.138. The van der Waals surface area contributed by atoms with Gasteiger partial charge in [0.2, 0.25) is 5.91 Å². The zero-order valence-electron chi connectivity index (χ0n) is 21.9. The molecule has 10 heteroatoms. The van der Waals surface area contributed by atoms with Crippen LogP contribution in [0.4, 0.5) is 0 Å². The second-order valence-corrected chi connectivity index (χ2v) is 10.1. The molecule has 1 amide bonds. The Labute approximate surface area is 228 Å². The molecule has 1 N–H and O–H groups in total. The fraction of sp³-hybridized carbons (Fsp3) is 0.429. The molecule has 1 atom stereocenters. The third kappa shape index (κ3) is 8.19. The number of amides is 1. The SMILES string of the molecule is COCC(=O)N1CCN(Cc2ccc(OCCn3cc(Cl)cn3)cc2)CC(O)(COc2ccc(C)cc2)C1. The van der Waals surface area contributed by atoms with Crippen LogP contribution in [0.25, 0.3) is 0 Å². The summed E-state index contributed by atoms with van der Waals surface area (Å²) >= 11 is 5.89. The number of halogens is 1. The van der Waals surface area contributed by atoms with Crippen molar-refractivity contribution in [1.29, 1.82) is 0 Å². The van der Waals surface area contributed by atoms with Gasteiger partial charge >= 0.3 is 0 Å². The third-order valence-electron chi connectivity index (χ3n) is 6.36. The maximum absolute atomic E-state index is 12.6. The van der Waals surface area contributed by atoms with Crippen LogP contribution in [-0.4, -0.2) is 89.3 Å². The normalized spacial score (nSPS) is 18.3. The summed E-state index contributed by atoms with van der Waals surface area (Å²) in [5.74, 6) is 1.30. The van der Waals surface area contributed by atoms with Crippen molar-refractivity contribution in [2.24, 2.45) is 0 Å². The van der Waals surface area contributed by atoms with E-state index in [-0.39, 0.29) is 25.7 Å². The summed E-state index contributed by atoms with van der Waals surface area (Å²) in [6.07, 6.45) is 3.35. The molecular weight excluding hydrogens is 508 g/mol. The highest BCUT2D eigenvalue weighted by Crippen LogP contribution is 2.21. The Balaban J connectivity index is 1.37. The van der Waals surface area contributed by atoms with Crippen LogP contribution in [0.1, 0.15) is 11.1 Å². The number of aliphatic hydroxyl groups is 1. The van der Waals surface area contributed by atoms with E-state index in [9.17, 15) is 9.90 Å². The highest BCUT2D eigenvalue weighted by Gasteiger charge is 2.37. The second-order valence-electron chi connectivity index (χ2n) is 9.70. The first-order valence-electron chi connectivity index (χ1n) is 12.6. The van der Waals surface area contributed by atoms with E-state index in [1.54, 1.807) is 22.0 Å². The standard InChI is InChI=1S/C28H35ClN4O5/c1-22-3-7-26(8-4-22)38-21-28(35)19-31(11-12-32(20-28)27(34)18-36-2)16-23-5-9-25(10-6-23)37-14-13-33-17-24(29)15-30-33/h3-10,15,17,35H,11-14,16,18-21H2,1-2H3. The molecule has 1 aliphatic rings. The molecule has 0 bridgehead atoms. The predicted molar refractivity (Wildman–Crippen MR) is 145 cm³/mol. The number of β-amino-alcohol motifs (C(OH)–C–C–N with tert-alkyl or cyclic N) is 1. The zero-order valence-corrected chi connectivity index (χ0v) is 22.6. The van der Waals surface area contributed by atoms with Crippen LogP contribution < -0.4 is 9.47 Å². The Morgan fingerprint density at radius 3 is 2.45 bits per heavy atom. The minimum atomic E-state index is -1.25. The molecule has 1 aromatic heterocycles. The second kappa shape index (κ2) is 13.1. The highest BCUT2D eigenvalue weighted by atomic mass is 35.5. The summed E-state index contributed by atoms with van der Waals surface area (Å²) in [6.45, 7) is 5.39. The average molecular weight is 543 g/mol. The summed E-state index contributed by atoms with van der Waals surface area (Å²) in [5.41, 5.74) is 0.963. The monoisotopic (exact) mass is 542 g/mol. The Morgan fingerprint density at radius 1 is 1.05 bits per heavy atom. The minimum absolute atomic E-state index is 0.0240. The number of rotatable bonds is 11. The smallest absolute Gasteiger partial charge is 0.248 e. The first kappa shape index (κ1) is 27.9. The van der Waals surface area contributed by atoms with E-state index in [4.69, 9.17) is 25.8 Å². The number of nitrogens with zero attached hydrogens (tertiary/aromatic N) is 4. The van der Waals surface area contributed by atoms with Gasteiger partial charge in [-0.1, -0.05) is 41.4 Å². The predicted octanol–water partition coefficient (Wildman–Crippen LogP) is 3.02. The van der Waals surface area contributed by atoms with Crippen LogP contribution in [0.2, 0.25) is 5.02 Å². The van der Waals surface area contributed by atoms with Gasteiger partial charge in [-0.3, -0.25) is 14.4 Å². The number of carbonyl (C=O) groups excluding carboxylic acids is 1. The lowest BCUT2D eigenvalue weighted by atomic mass is 10.0. The molecule has 4 rings (SSSR count). The van der Waals surface area contributed by atoms with Crippen molar-refractivity contribution in [3.05, 3.63) is 77.1 Å². The zero-order chi connectivity index (χ0) is 27.0.